The summed E-state index contributed by atoms with van der Waals surface area (Å²) < 4.78 is 1.98. The number of imidazole rings is 1. The van der Waals surface area contributed by atoms with Crippen LogP contribution in [0, 0.1) is 6.92 Å². The summed E-state index contributed by atoms with van der Waals surface area (Å²) in [5, 5.41) is 5.62. The molecule has 2 amide bonds. The molecule has 1 saturated heterocycles. The summed E-state index contributed by atoms with van der Waals surface area (Å²) in [5.74, 6) is -0.337. The number of rotatable bonds is 3. The number of amides is 2. The van der Waals surface area contributed by atoms with Gasteiger partial charge in [-0.15, -0.1) is 0 Å². The van der Waals surface area contributed by atoms with E-state index in [1.54, 1.807) is 12.3 Å². The molecule has 1 aliphatic heterocycles. The molecule has 132 valence electrons. The molecule has 0 aliphatic carbocycles. The Balaban J connectivity index is 1.61. The maximum absolute atomic E-state index is 12.6. The molecule has 0 saturated carbocycles. The molecule has 1 fully saturated rings. The van der Waals surface area contributed by atoms with Crippen molar-refractivity contribution in [3.63, 3.8) is 0 Å². The topological polar surface area (TPSA) is 75.5 Å². The van der Waals surface area contributed by atoms with E-state index in [4.69, 9.17) is 0 Å². The molecule has 0 bridgehead atoms. The molecule has 3 aromatic rings. The van der Waals surface area contributed by atoms with Gasteiger partial charge in [-0.25, -0.2) is 4.98 Å². The van der Waals surface area contributed by atoms with Crippen LogP contribution in [0.4, 0.5) is 0 Å². The Morgan fingerprint density at radius 2 is 2.19 bits per heavy atom. The monoisotopic (exact) mass is 348 g/mol. The minimum Gasteiger partial charge on any atom is -0.354 e. The van der Waals surface area contributed by atoms with Crippen molar-refractivity contribution in [1.29, 1.82) is 0 Å². The van der Waals surface area contributed by atoms with E-state index in [1.165, 1.54) is 0 Å². The number of piperidine rings is 1. The zero-order valence-electron chi connectivity index (χ0n) is 14.5. The fourth-order valence-electron chi connectivity index (χ4n) is 3.36. The molecular weight excluding hydrogens is 328 g/mol. The van der Waals surface area contributed by atoms with E-state index >= 15 is 0 Å². The fourth-order valence-corrected chi connectivity index (χ4v) is 3.36. The van der Waals surface area contributed by atoms with Crippen LogP contribution in [0.1, 0.15) is 28.8 Å². The van der Waals surface area contributed by atoms with E-state index in [-0.39, 0.29) is 11.8 Å². The van der Waals surface area contributed by atoms with Crippen LogP contribution in [0.2, 0.25) is 0 Å². The lowest BCUT2D eigenvalue weighted by Crippen LogP contribution is -2.50. The summed E-state index contributed by atoms with van der Waals surface area (Å²) >= 11 is 0. The number of hydrogen-bond donors (Lipinski definition) is 2. The maximum Gasteiger partial charge on any atom is 0.251 e. The Bertz CT molecular complexity index is 992. The Labute approximate surface area is 151 Å². The van der Waals surface area contributed by atoms with E-state index in [0.717, 1.165) is 28.8 Å². The predicted molar refractivity (Wildman–Crippen MR) is 98.9 cm³/mol. The molecule has 1 aromatic carbocycles. The van der Waals surface area contributed by atoms with Gasteiger partial charge in [0.05, 0.1) is 0 Å². The lowest BCUT2D eigenvalue weighted by atomic mass is 10.0. The molecule has 0 unspecified atom stereocenters. The number of pyridine rings is 1. The molecular formula is C20H20N4O2. The fraction of sp³-hybridized carbons (Fsp3) is 0.250. The van der Waals surface area contributed by atoms with Gasteiger partial charge in [0.25, 0.3) is 5.91 Å². The van der Waals surface area contributed by atoms with Gasteiger partial charge >= 0.3 is 0 Å². The first kappa shape index (κ1) is 16.3. The van der Waals surface area contributed by atoms with Crippen LogP contribution in [0.5, 0.6) is 0 Å². The quantitative estimate of drug-likeness (QED) is 0.763. The van der Waals surface area contributed by atoms with Crippen LogP contribution < -0.4 is 10.6 Å². The van der Waals surface area contributed by atoms with Crippen LogP contribution in [-0.2, 0) is 4.79 Å². The van der Waals surface area contributed by atoms with Crippen molar-refractivity contribution in [2.45, 2.75) is 25.8 Å². The van der Waals surface area contributed by atoms with Crippen molar-refractivity contribution in [2.75, 3.05) is 6.54 Å². The van der Waals surface area contributed by atoms with E-state index < -0.39 is 6.04 Å². The van der Waals surface area contributed by atoms with Crippen molar-refractivity contribution in [3.8, 4) is 11.1 Å². The third kappa shape index (κ3) is 3.06. The average molecular weight is 348 g/mol. The van der Waals surface area contributed by atoms with E-state index in [9.17, 15) is 9.59 Å². The van der Waals surface area contributed by atoms with Crippen molar-refractivity contribution in [2.24, 2.45) is 0 Å². The normalized spacial score (nSPS) is 17.1. The van der Waals surface area contributed by atoms with Gasteiger partial charge in [-0.1, -0.05) is 12.1 Å². The first-order chi connectivity index (χ1) is 12.6. The Morgan fingerprint density at radius 1 is 1.31 bits per heavy atom. The van der Waals surface area contributed by atoms with Crippen molar-refractivity contribution >= 4 is 17.5 Å². The molecule has 2 aromatic heterocycles. The molecule has 1 aliphatic rings. The largest absolute Gasteiger partial charge is 0.354 e. The number of nitrogens with zero attached hydrogens (tertiary/aromatic N) is 2. The third-order valence-corrected chi connectivity index (χ3v) is 4.72. The van der Waals surface area contributed by atoms with Crippen LogP contribution in [-0.4, -0.2) is 33.8 Å². The van der Waals surface area contributed by atoms with E-state index in [2.05, 4.69) is 21.7 Å². The number of aromatic nitrogens is 2. The molecule has 0 radical (unpaired) electrons. The highest BCUT2D eigenvalue weighted by atomic mass is 16.2. The van der Waals surface area contributed by atoms with Crippen molar-refractivity contribution in [3.05, 3.63) is 60.0 Å². The van der Waals surface area contributed by atoms with Gasteiger partial charge in [-0.05, 0) is 54.7 Å². The summed E-state index contributed by atoms with van der Waals surface area (Å²) in [6.45, 7) is 2.70. The van der Waals surface area contributed by atoms with Gasteiger partial charge in [0.1, 0.15) is 11.7 Å². The average Bonchev–Trinajstić information content (AvgIpc) is 3.13. The number of hydrogen-bond acceptors (Lipinski definition) is 3. The van der Waals surface area contributed by atoms with Crippen LogP contribution in [0.25, 0.3) is 16.8 Å². The number of carbonyl (C=O) groups excluding carboxylic acids is 2. The minimum absolute atomic E-state index is 0.109. The van der Waals surface area contributed by atoms with Crippen LogP contribution in [0.3, 0.4) is 0 Å². The minimum atomic E-state index is -0.454. The summed E-state index contributed by atoms with van der Waals surface area (Å²) in [7, 11) is 0. The molecule has 4 rings (SSSR count). The SMILES string of the molecule is Cc1cc(-c2cccc(C(=O)N[C@@H]3CCCNC3=O)c2)cn2ccnc12. The molecule has 6 heteroatoms. The molecule has 2 N–H and O–H groups in total. The Kier molecular flexibility index (Phi) is 4.16. The second-order valence-electron chi connectivity index (χ2n) is 6.61. The molecule has 26 heavy (non-hydrogen) atoms. The van der Waals surface area contributed by atoms with Gasteiger partial charge in [-0.2, -0.15) is 0 Å². The highest BCUT2D eigenvalue weighted by Gasteiger charge is 2.24. The molecule has 3 heterocycles. The molecule has 6 nitrogen and oxygen atoms in total. The number of benzene rings is 1. The highest BCUT2D eigenvalue weighted by molar-refractivity contribution is 5.98. The highest BCUT2D eigenvalue weighted by Crippen LogP contribution is 2.23. The van der Waals surface area contributed by atoms with E-state index in [0.29, 0.717) is 18.5 Å². The summed E-state index contributed by atoms with van der Waals surface area (Å²) in [4.78, 5) is 28.8. The van der Waals surface area contributed by atoms with Crippen LogP contribution >= 0.6 is 0 Å². The summed E-state index contributed by atoms with van der Waals surface area (Å²) in [5.41, 5.74) is 4.50. The lowest BCUT2D eigenvalue weighted by Gasteiger charge is -2.22. The molecule has 0 spiro atoms. The van der Waals surface area contributed by atoms with Crippen LogP contribution in [0.15, 0.2) is 48.9 Å². The van der Waals surface area contributed by atoms with Gasteiger partial charge in [-0.3, -0.25) is 9.59 Å². The van der Waals surface area contributed by atoms with Gasteiger partial charge in [0.2, 0.25) is 5.91 Å². The number of fused-ring (bicyclic) bond motifs is 1. The summed E-state index contributed by atoms with van der Waals surface area (Å²) in [6, 6.07) is 9.06. The predicted octanol–water partition coefficient (Wildman–Crippen LogP) is 2.32. The smallest absolute Gasteiger partial charge is 0.251 e. The second-order valence-corrected chi connectivity index (χ2v) is 6.61. The number of aryl methyl sites for hydroxylation is 1. The van der Waals surface area contributed by atoms with Crippen molar-refractivity contribution in [1.82, 2.24) is 20.0 Å². The van der Waals surface area contributed by atoms with Gasteiger partial charge < -0.3 is 15.0 Å². The lowest BCUT2D eigenvalue weighted by molar-refractivity contribution is -0.124. The molecule has 1 atom stereocenters. The zero-order valence-corrected chi connectivity index (χ0v) is 14.5. The number of carbonyl (C=O) groups is 2. The number of nitrogens with one attached hydrogen (secondary N) is 2. The second kappa shape index (κ2) is 6.63. The standard InChI is InChI=1S/C20H20N4O2/c1-13-10-16(12-24-9-8-21-18(13)24)14-4-2-5-15(11-14)19(25)23-17-6-3-7-22-20(17)26/h2,4-5,8-12,17H,3,6-7H2,1H3,(H,22,26)(H,23,25)/t17-/m1/s1. The van der Waals surface area contributed by atoms with Gasteiger partial charge in [0.15, 0.2) is 0 Å². The van der Waals surface area contributed by atoms with Gasteiger partial charge in [0, 0.05) is 30.7 Å². The van der Waals surface area contributed by atoms with E-state index in [1.807, 2.05) is 41.9 Å². The third-order valence-electron chi connectivity index (χ3n) is 4.72. The van der Waals surface area contributed by atoms with Crippen molar-refractivity contribution < 1.29 is 9.59 Å². The first-order valence-corrected chi connectivity index (χ1v) is 8.74. The summed E-state index contributed by atoms with van der Waals surface area (Å²) in [6.07, 6.45) is 7.23. The Morgan fingerprint density at radius 3 is 3.04 bits per heavy atom. The Hall–Kier alpha value is -3.15. The zero-order chi connectivity index (χ0) is 18.1. The maximum atomic E-state index is 12.6. The first-order valence-electron chi connectivity index (χ1n) is 8.74.